The first kappa shape index (κ1) is 16.3. The zero-order chi connectivity index (χ0) is 15.5. The second-order valence-corrected chi connectivity index (χ2v) is 8.27. The number of nitrogen functional groups attached to an aromatic ring is 1. The van der Waals surface area contributed by atoms with Crippen LogP contribution in [0, 0.1) is 0 Å². The van der Waals surface area contributed by atoms with Gasteiger partial charge in [-0.3, -0.25) is 0 Å². The number of ether oxygens (including phenoxy) is 1. The van der Waals surface area contributed by atoms with Gasteiger partial charge in [0, 0.05) is 37.0 Å². The molecule has 0 bridgehead atoms. The number of methoxy groups -OCH3 is 1. The molecular weight excluding hydrogens is 312 g/mol. The first-order valence-corrected chi connectivity index (χ1v) is 9.53. The van der Waals surface area contributed by atoms with E-state index in [0.29, 0.717) is 29.8 Å². The molecule has 7 nitrogen and oxygen atoms in total. The SMILES string of the molecule is CCS(=O)(=O)C1CSCCN1c1cc(N)nc(COC)n1. The van der Waals surface area contributed by atoms with Crippen LogP contribution >= 0.6 is 11.8 Å². The third kappa shape index (κ3) is 3.78. The Labute approximate surface area is 129 Å². The fourth-order valence-electron chi connectivity index (χ4n) is 2.18. The van der Waals surface area contributed by atoms with E-state index in [4.69, 9.17) is 10.5 Å². The van der Waals surface area contributed by atoms with Crippen molar-refractivity contribution in [2.45, 2.75) is 18.9 Å². The van der Waals surface area contributed by atoms with Crippen LogP contribution < -0.4 is 10.6 Å². The quantitative estimate of drug-likeness (QED) is 0.833. The Kier molecular flexibility index (Phi) is 5.28. The molecule has 2 heterocycles. The van der Waals surface area contributed by atoms with Crippen LogP contribution in [-0.4, -0.2) is 54.7 Å². The predicted octanol–water partition coefficient (Wildman–Crippen LogP) is 0.519. The number of aromatic nitrogens is 2. The molecule has 0 aliphatic carbocycles. The summed E-state index contributed by atoms with van der Waals surface area (Å²) in [5, 5.41) is -0.564. The number of sulfone groups is 1. The van der Waals surface area contributed by atoms with E-state index in [-0.39, 0.29) is 12.4 Å². The first-order chi connectivity index (χ1) is 9.97. The van der Waals surface area contributed by atoms with E-state index in [1.54, 1.807) is 31.9 Å². The number of anilines is 2. The lowest BCUT2D eigenvalue weighted by Crippen LogP contribution is -2.48. The molecule has 1 aromatic heterocycles. The number of nitrogens with two attached hydrogens (primary N) is 1. The minimum absolute atomic E-state index is 0.111. The van der Waals surface area contributed by atoms with E-state index in [1.165, 1.54) is 0 Å². The van der Waals surface area contributed by atoms with E-state index in [9.17, 15) is 8.42 Å². The maximum Gasteiger partial charge on any atom is 0.171 e. The highest BCUT2D eigenvalue weighted by atomic mass is 32.2. The van der Waals surface area contributed by atoms with Crippen molar-refractivity contribution >= 4 is 33.2 Å². The van der Waals surface area contributed by atoms with Crippen LogP contribution in [0.2, 0.25) is 0 Å². The van der Waals surface area contributed by atoms with Crippen molar-refractivity contribution in [1.29, 1.82) is 0 Å². The van der Waals surface area contributed by atoms with Crippen LogP contribution in [0.25, 0.3) is 0 Å². The van der Waals surface area contributed by atoms with Gasteiger partial charge < -0.3 is 15.4 Å². The number of hydrogen-bond donors (Lipinski definition) is 1. The van der Waals surface area contributed by atoms with Gasteiger partial charge in [0.15, 0.2) is 15.7 Å². The molecule has 0 saturated carbocycles. The van der Waals surface area contributed by atoms with Crippen LogP contribution in [-0.2, 0) is 21.2 Å². The minimum Gasteiger partial charge on any atom is -0.384 e. The molecular formula is C12H20N4O3S2. The van der Waals surface area contributed by atoms with Crippen molar-refractivity contribution in [3.63, 3.8) is 0 Å². The number of nitrogens with zero attached hydrogens (tertiary/aromatic N) is 3. The lowest BCUT2D eigenvalue weighted by atomic mass is 10.4. The summed E-state index contributed by atoms with van der Waals surface area (Å²) < 4.78 is 29.6. The zero-order valence-electron chi connectivity index (χ0n) is 12.2. The van der Waals surface area contributed by atoms with Gasteiger partial charge in [0.25, 0.3) is 0 Å². The molecule has 2 N–H and O–H groups in total. The highest BCUT2D eigenvalue weighted by Crippen LogP contribution is 2.27. The first-order valence-electron chi connectivity index (χ1n) is 6.66. The normalized spacial score (nSPS) is 19.7. The van der Waals surface area contributed by atoms with Crippen molar-refractivity contribution in [3.05, 3.63) is 11.9 Å². The Hall–Kier alpha value is -1.06. The van der Waals surface area contributed by atoms with Gasteiger partial charge in [-0.2, -0.15) is 11.8 Å². The van der Waals surface area contributed by atoms with E-state index < -0.39 is 15.2 Å². The Morgan fingerprint density at radius 2 is 2.29 bits per heavy atom. The van der Waals surface area contributed by atoms with Crippen LogP contribution in [0.5, 0.6) is 0 Å². The molecule has 1 atom stereocenters. The lowest BCUT2D eigenvalue weighted by molar-refractivity contribution is 0.178. The molecule has 21 heavy (non-hydrogen) atoms. The number of hydrogen-bond acceptors (Lipinski definition) is 8. The fourth-order valence-corrected chi connectivity index (χ4v) is 5.15. The molecule has 1 fully saturated rings. The summed E-state index contributed by atoms with van der Waals surface area (Å²) in [4.78, 5) is 10.3. The molecule has 0 amide bonds. The van der Waals surface area contributed by atoms with Gasteiger partial charge in [-0.1, -0.05) is 6.92 Å². The minimum atomic E-state index is -3.18. The maximum atomic E-state index is 12.3. The molecule has 9 heteroatoms. The summed E-state index contributed by atoms with van der Waals surface area (Å²) in [7, 11) is -1.63. The largest absolute Gasteiger partial charge is 0.384 e. The Balaban J connectivity index is 2.37. The van der Waals surface area contributed by atoms with E-state index in [0.717, 1.165) is 5.75 Å². The van der Waals surface area contributed by atoms with Gasteiger partial charge in [-0.05, 0) is 0 Å². The Bertz CT molecular complexity index is 594. The molecule has 0 spiro atoms. The summed E-state index contributed by atoms with van der Waals surface area (Å²) in [6, 6.07) is 1.62. The molecule has 0 aromatic carbocycles. The highest BCUT2D eigenvalue weighted by Gasteiger charge is 2.34. The van der Waals surface area contributed by atoms with Crippen molar-refractivity contribution in [3.8, 4) is 0 Å². The average Bonchev–Trinajstić information content (AvgIpc) is 2.47. The Morgan fingerprint density at radius 1 is 1.52 bits per heavy atom. The van der Waals surface area contributed by atoms with Crippen LogP contribution in [0.4, 0.5) is 11.6 Å². The van der Waals surface area contributed by atoms with Crippen LogP contribution in [0.3, 0.4) is 0 Å². The second kappa shape index (κ2) is 6.80. The number of thioether (sulfide) groups is 1. The molecule has 0 radical (unpaired) electrons. The lowest BCUT2D eigenvalue weighted by Gasteiger charge is -2.35. The summed E-state index contributed by atoms with van der Waals surface area (Å²) in [5.41, 5.74) is 5.80. The smallest absolute Gasteiger partial charge is 0.171 e. The molecule has 1 aliphatic rings. The van der Waals surface area contributed by atoms with Gasteiger partial charge in [-0.25, -0.2) is 18.4 Å². The molecule has 1 saturated heterocycles. The maximum absolute atomic E-state index is 12.3. The number of rotatable bonds is 5. The molecule has 2 rings (SSSR count). The van der Waals surface area contributed by atoms with Gasteiger partial charge in [0.05, 0.1) is 0 Å². The second-order valence-electron chi connectivity index (χ2n) is 4.67. The summed E-state index contributed by atoms with van der Waals surface area (Å²) in [5.74, 6) is 2.84. The molecule has 1 aromatic rings. The van der Waals surface area contributed by atoms with Crippen molar-refractivity contribution < 1.29 is 13.2 Å². The molecule has 1 unspecified atom stereocenters. The van der Waals surface area contributed by atoms with Crippen LogP contribution in [0.15, 0.2) is 6.07 Å². The van der Waals surface area contributed by atoms with Crippen LogP contribution in [0.1, 0.15) is 12.7 Å². The van der Waals surface area contributed by atoms with E-state index >= 15 is 0 Å². The topological polar surface area (TPSA) is 98.4 Å². The van der Waals surface area contributed by atoms with Crippen molar-refractivity contribution in [2.24, 2.45) is 0 Å². The van der Waals surface area contributed by atoms with Gasteiger partial charge in [-0.15, -0.1) is 0 Å². The third-order valence-corrected chi connectivity index (χ3v) is 6.54. The fraction of sp³-hybridized carbons (Fsp3) is 0.667. The Morgan fingerprint density at radius 3 is 2.95 bits per heavy atom. The monoisotopic (exact) mass is 332 g/mol. The van der Waals surface area contributed by atoms with Gasteiger partial charge in [0.1, 0.15) is 23.6 Å². The van der Waals surface area contributed by atoms with Gasteiger partial charge in [0.2, 0.25) is 0 Å². The van der Waals surface area contributed by atoms with Crippen molar-refractivity contribution in [2.75, 3.05) is 41.5 Å². The predicted molar refractivity (Wildman–Crippen MR) is 85.1 cm³/mol. The van der Waals surface area contributed by atoms with Crippen molar-refractivity contribution in [1.82, 2.24) is 9.97 Å². The van der Waals surface area contributed by atoms with E-state index in [1.807, 2.05) is 4.90 Å². The molecule has 1 aliphatic heterocycles. The average molecular weight is 332 g/mol. The summed E-state index contributed by atoms with van der Waals surface area (Å²) in [6.45, 7) is 2.53. The summed E-state index contributed by atoms with van der Waals surface area (Å²) >= 11 is 1.64. The highest BCUT2D eigenvalue weighted by molar-refractivity contribution is 8.01. The van der Waals surface area contributed by atoms with E-state index in [2.05, 4.69) is 9.97 Å². The zero-order valence-corrected chi connectivity index (χ0v) is 13.8. The van der Waals surface area contributed by atoms with Gasteiger partial charge >= 0.3 is 0 Å². The molecule has 118 valence electrons. The standard InChI is InChI=1S/C12H20N4O3S2/c1-3-21(17,18)12-8-20-5-4-16(12)11-6-9(13)14-10(15-11)7-19-2/h6,12H,3-5,7-8H2,1-2H3,(H2,13,14,15). The summed E-state index contributed by atoms with van der Waals surface area (Å²) in [6.07, 6.45) is 0. The third-order valence-electron chi connectivity index (χ3n) is 3.25.